The number of thiophene rings is 1. The Kier molecular flexibility index (Phi) is 3.78. The molecule has 3 rings (SSSR count). The van der Waals surface area contributed by atoms with Gasteiger partial charge in [0.1, 0.15) is 9.96 Å². The second-order valence-corrected chi connectivity index (χ2v) is 7.71. The number of sulfonamides is 1. The highest BCUT2D eigenvalue weighted by Gasteiger charge is 2.22. The Balaban J connectivity index is 1.63. The summed E-state index contributed by atoms with van der Waals surface area (Å²) in [5.74, 6) is 1.07. The smallest absolute Gasteiger partial charge is 0.250 e. The number of ether oxygens (including phenoxy) is 1. The van der Waals surface area contributed by atoms with Crippen molar-refractivity contribution in [1.29, 1.82) is 0 Å². The van der Waals surface area contributed by atoms with Crippen molar-refractivity contribution in [3.05, 3.63) is 47.3 Å². The van der Waals surface area contributed by atoms with Gasteiger partial charge in [-0.15, -0.1) is 11.3 Å². The first kappa shape index (κ1) is 13.6. The first-order valence-electron chi connectivity index (χ1n) is 6.39. The first-order chi connectivity index (χ1) is 9.65. The van der Waals surface area contributed by atoms with Crippen molar-refractivity contribution in [2.75, 3.05) is 13.2 Å². The van der Waals surface area contributed by atoms with E-state index >= 15 is 0 Å². The molecule has 1 aromatic heterocycles. The van der Waals surface area contributed by atoms with Crippen LogP contribution in [0.5, 0.6) is 5.75 Å². The van der Waals surface area contributed by atoms with E-state index in [2.05, 4.69) is 4.72 Å². The van der Waals surface area contributed by atoms with E-state index in [1.54, 1.807) is 17.5 Å². The molecule has 0 aliphatic carbocycles. The molecule has 1 aromatic carbocycles. The van der Waals surface area contributed by atoms with Gasteiger partial charge in [0.15, 0.2) is 0 Å². The molecule has 0 bridgehead atoms. The van der Waals surface area contributed by atoms with E-state index in [9.17, 15) is 8.42 Å². The third-order valence-corrected chi connectivity index (χ3v) is 6.10. The Bertz CT molecular complexity index is 680. The average molecular weight is 309 g/mol. The molecule has 0 radical (unpaired) electrons. The predicted octanol–water partition coefficient (Wildman–Crippen LogP) is 2.28. The van der Waals surface area contributed by atoms with Gasteiger partial charge < -0.3 is 4.74 Å². The molecular weight excluding hydrogens is 294 g/mol. The molecule has 0 saturated carbocycles. The normalized spacial score (nSPS) is 18.3. The average Bonchev–Trinajstić information content (AvgIpc) is 3.00. The molecular formula is C14H15NO3S2. The molecule has 2 aromatic rings. The van der Waals surface area contributed by atoms with Crippen LogP contribution in [-0.2, 0) is 16.4 Å². The van der Waals surface area contributed by atoms with Crippen LogP contribution < -0.4 is 9.46 Å². The summed E-state index contributed by atoms with van der Waals surface area (Å²) in [7, 11) is -3.38. The third kappa shape index (κ3) is 2.87. The second-order valence-electron chi connectivity index (χ2n) is 4.77. The van der Waals surface area contributed by atoms with E-state index in [4.69, 9.17) is 4.74 Å². The summed E-state index contributed by atoms with van der Waals surface area (Å²) in [6.07, 6.45) is 0.836. The van der Waals surface area contributed by atoms with E-state index < -0.39 is 10.0 Å². The number of para-hydroxylation sites is 1. The Hall–Kier alpha value is -1.37. The summed E-state index contributed by atoms with van der Waals surface area (Å²) in [6.45, 7) is 0.943. The number of benzene rings is 1. The summed E-state index contributed by atoms with van der Waals surface area (Å²) in [5.41, 5.74) is 1.14. The largest absolute Gasteiger partial charge is 0.493 e. The van der Waals surface area contributed by atoms with E-state index in [0.717, 1.165) is 17.7 Å². The Labute approximate surface area is 122 Å². The van der Waals surface area contributed by atoms with Crippen molar-refractivity contribution in [2.24, 2.45) is 5.92 Å². The van der Waals surface area contributed by atoms with Crippen molar-refractivity contribution < 1.29 is 13.2 Å². The van der Waals surface area contributed by atoms with Gasteiger partial charge in [-0.1, -0.05) is 24.3 Å². The summed E-state index contributed by atoms with van der Waals surface area (Å²) in [6, 6.07) is 11.2. The van der Waals surface area contributed by atoms with Crippen LogP contribution in [-0.4, -0.2) is 21.6 Å². The van der Waals surface area contributed by atoms with Crippen LogP contribution in [0.2, 0.25) is 0 Å². The molecule has 0 amide bonds. The lowest BCUT2D eigenvalue weighted by Gasteiger charge is -2.25. The lowest BCUT2D eigenvalue weighted by molar-refractivity contribution is 0.223. The number of fused-ring (bicyclic) bond motifs is 1. The van der Waals surface area contributed by atoms with E-state index in [1.165, 1.54) is 11.3 Å². The van der Waals surface area contributed by atoms with Crippen LogP contribution in [0.3, 0.4) is 0 Å². The molecule has 0 fully saturated rings. The van der Waals surface area contributed by atoms with Gasteiger partial charge in [-0.2, -0.15) is 0 Å². The van der Waals surface area contributed by atoms with Gasteiger partial charge in [-0.05, 0) is 29.5 Å². The SMILES string of the molecule is O=S(=O)(NCC1COc2ccccc2C1)c1cccs1. The van der Waals surface area contributed by atoms with Crippen molar-refractivity contribution >= 4 is 21.4 Å². The maximum Gasteiger partial charge on any atom is 0.250 e. The standard InChI is InChI=1S/C14H15NO3S2/c16-20(17,14-6-3-7-19-14)15-9-11-8-12-4-1-2-5-13(12)18-10-11/h1-7,11,15H,8-10H2. The van der Waals surface area contributed by atoms with Crippen LogP contribution in [0, 0.1) is 5.92 Å². The van der Waals surface area contributed by atoms with Gasteiger partial charge in [0, 0.05) is 12.5 Å². The molecule has 1 unspecified atom stereocenters. The molecule has 4 nitrogen and oxygen atoms in total. The summed E-state index contributed by atoms with van der Waals surface area (Å²) in [5, 5.41) is 1.76. The zero-order valence-electron chi connectivity index (χ0n) is 10.8. The maximum atomic E-state index is 12.0. The minimum absolute atomic E-state index is 0.166. The Morgan fingerprint density at radius 1 is 1.25 bits per heavy atom. The number of hydrogen-bond acceptors (Lipinski definition) is 4. The Morgan fingerprint density at radius 3 is 2.90 bits per heavy atom. The third-order valence-electron chi connectivity index (χ3n) is 3.28. The second kappa shape index (κ2) is 5.55. The summed E-state index contributed by atoms with van der Waals surface area (Å²) < 4.78 is 32.8. The van der Waals surface area contributed by atoms with Crippen molar-refractivity contribution in [1.82, 2.24) is 4.72 Å². The minimum Gasteiger partial charge on any atom is -0.493 e. The van der Waals surface area contributed by atoms with Crippen LogP contribution in [0.4, 0.5) is 0 Å². The summed E-state index contributed by atoms with van der Waals surface area (Å²) >= 11 is 1.22. The number of hydrogen-bond donors (Lipinski definition) is 1. The molecule has 1 N–H and O–H groups in total. The summed E-state index contributed by atoms with van der Waals surface area (Å²) in [4.78, 5) is 0. The number of nitrogens with one attached hydrogen (secondary N) is 1. The predicted molar refractivity (Wildman–Crippen MR) is 78.6 cm³/mol. The van der Waals surface area contributed by atoms with E-state index in [0.29, 0.717) is 17.4 Å². The molecule has 1 aliphatic rings. The molecule has 2 heterocycles. The van der Waals surface area contributed by atoms with Gasteiger partial charge >= 0.3 is 0 Å². The van der Waals surface area contributed by atoms with Gasteiger partial charge in [0.25, 0.3) is 0 Å². The highest BCUT2D eigenvalue weighted by molar-refractivity contribution is 7.91. The molecule has 0 spiro atoms. The highest BCUT2D eigenvalue weighted by Crippen LogP contribution is 2.26. The minimum atomic E-state index is -3.38. The fraction of sp³-hybridized carbons (Fsp3) is 0.286. The van der Waals surface area contributed by atoms with Crippen LogP contribution in [0.25, 0.3) is 0 Å². The zero-order valence-corrected chi connectivity index (χ0v) is 12.4. The van der Waals surface area contributed by atoms with Crippen molar-refractivity contribution in [2.45, 2.75) is 10.6 Å². The Morgan fingerprint density at radius 2 is 2.10 bits per heavy atom. The monoisotopic (exact) mass is 309 g/mol. The topological polar surface area (TPSA) is 55.4 Å². The fourth-order valence-electron chi connectivity index (χ4n) is 2.24. The van der Waals surface area contributed by atoms with Gasteiger partial charge in [0.2, 0.25) is 10.0 Å². The van der Waals surface area contributed by atoms with Crippen LogP contribution >= 0.6 is 11.3 Å². The quantitative estimate of drug-likeness (QED) is 0.942. The van der Waals surface area contributed by atoms with Crippen molar-refractivity contribution in [3.63, 3.8) is 0 Å². The van der Waals surface area contributed by atoms with E-state index in [1.807, 2.05) is 24.3 Å². The van der Waals surface area contributed by atoms with Crippen LogP contribution in [0.15, 0.2) is 46.0 Å². The highest BCUT2D eigenvalue weighted by atomic mass is 32.2. The molecule has 1 atom stereocenters. The molecule has 6 heteroatoms. The molecule has 1 aliphatic heterocycles. The van der Waals surface area contributed by atoms with E-state index in [-0.39, 0.29) is 5.92 Å². The lowest BCUT2D eigenvalue weighted by atomic mass is 9.97. The van der Waals surface area contributed by atoms with Gasteiger partial charge in [-0.3, -0.25) is 0 Å². The van der Waals surface area contributed by atoms with Gasteiger partial charge in [-0.25, -0.2) is 13.1 Å². The van der Waals surface area contributed by atoms with Gasteiger partial charge in [0.05, 0.1) is 6.61 Å². The molecule has 20 heavy (non-hydrogen) atoms. The molecule has 106 valence electrons. The fourth-order valence-corrected chi connectivity index (χ4v) is 4.39. The van der Waals surface area contributed by atoms with Crippen LogP contribution in [0.1, 0.15) is 5.56 Å². The maximum absolute atomic E-state index is 12.0. The zero-order chi connectivity index (χ0) is 14.0. The van der Waals surface area contributed by atoms with Crippen molar-refractivity contribution in [3.8, 4) is 5.75 Å². The first-order valence-corrected chi connectivity index (χ1v) is 8.75. The molecule has 0 saturated heterocycles. The number of rotatable bonds is 4. The lowest BCUT2D eigenvalue weighted by Crippen LogP contribution is -2.34.